The summed E-state index contributed by atoms with van der Waals surface area (Å²) in [6, 6.07) is 0.484. The molecule has 0 bridgehead atoms. The molecule has 0 spiro atoms. The van der Waals surface area contributed by atoms with E-state index in [0.29, 0.717) is 17.4 Å². The first-order valence-electron chi connectivity index (χ1n) is 6.32. The van der Waals surface area contributed by atoms with Crippen molar-refractivity contribution in [3.05, 3.63) is 0 Å². The maximum Gasteiger partial charge on any atom is 0.224 e. The summed E-state index contributed by atoms with van der Waals surface area (Å²) in [6.07, 6.45) is 4.99. The zero-order chi connectivity index (χ0) is 11.2. The average molecular weight is 287 g/mol. The summed E-state index contributed by atoms with van der Waals surface area (Å²) in [5.41, 5.74) is 0.535. The van der Waals surface area contributed by atoms with Crippen molar-refractivity contribution in [3.63, 3.8) is 0 Å². The van der Waals surface area contributed by atoms with Gasteiger partial charge in [0, 0.05) is 24.5 Å². The van der Waals surface area contributed by atoms with Crippen molar-refractivity contribution < 1.29 is 4.79 Å². The van der Waals surface area contributed by atoms with Gasteiger partial charge in [0.15, 0.2) is 0 Å². The molecular formula is C12H19BrN2O. The SMILES string of the molecule is O=C1NCC2C1CCCN2CC1(CBr)CC1. The number of likely N-dealkylation sites (tertiary alicyclic amines) is 1. The third kappa shape index (κ3) is 1.80. The predicted molar refractivity (Wildman–Crippen MR) is 66.6 cm³/mol. The number of nitrogens with one attached hydrogen (secondary N) is 1. The molecule has 0 radical (unpaired) electrons. The number of carbonyl (C=O) groups excluding carboxylic acids is 1. The number of halogens is 1. The fraction of sp³-hybridized carbons (Fsp3) is 0.917. The maximum absolute atomic E-state index is 11.7. The summed E-state index contributed by atoms with van der Waals surface area (Å²) in [5, 5.41) is 4.14. The van der Waals surface area contributed by atoms with Crippen molar-refractivity contribution in [2.24, 2.45) is 11.3 Å². The number of hydrogen-bond acceptors (Lipinski definition) is 2. The zero-order valence-corrected chi connectivity index (χ0v) is 11.1. The molecule has 3 nitrogen and oxygen atoms in total. The molecule has 1 amide bonds. The highest BCUT2D eigenvalue weighted by molar-refractivity contribution is 9.09. The van der Waals surface area contributed by atoms with Crippen LogP contribution in [0.15, 0.2) is 0 Å². The quantitative estimate of drug-likeness (QED) is 0.795. The Labute approximate surface area is 105 Å². The van der Waals surface area contributed by atoms with Gasteiger partial charge in [0.2, 0.25) is 5.91 Å². The first kappa shape index (κ1) is 11.0. The molecule has 1 aliphatic carbocycles. The van der Waals surface area contributed by atoms with E-state index in [9.17, 15) is 4.79 Å². The van der Waals surface area contributed by atoms with Crippen molar-refractivity contribution in [3.8, 4) is 0 Å². The average Bonchev–Trinajstić information content (AvgIpc) is 2.98. The lowest BCUT2D eigenvalue weighted by molar-refractivity contribution is -0.124. The van der Waals surface area contributed by atoms with Gasteiger partial charge in [-0.1, -0.05) is 15.9 Å². The van der Waals surface area contributed by atoms with E-state index in [0.717, 1.165) is 18.3 Å². The summed E-state index contributed by atoms with van der Waals surface area (Å²) in [4.78, 5) is 14.2. The molecular weight excluding hydrogens is 268 g/mol. The number of carbonyl (C=O) groups is 1. The van der Waals surface area contributed by atoms with Crippen molar-refractivity contribution in [2.45, 2.75) is 31.7 Å². The van der Waals surface area contributed by atoms with Gasteiger partial charge in [-0.05, 0) is 37.6 Å². The predicted octanol–water partition coefficient (Wildman–Crippen LogP) is 1.37. The number of fused-ring (bicyclic) bond motifs is 1. The van der Waals surface area contributed by atoms with E-state index in [1.54, 1.807) is 0 Å². The van der Waals surface area contributed by atoms with Gasteiger partial charge in [0.1, 0.15) is 0 Å². The normalized spacial score (nSPS) is 36.9. The van der Waals surface area contributed by atoms with Crippen LogP contribution in [-0.2, 0) is 4.79 Å². The molecule has 0 aromatic carbocycles. The molecule has 3 aliphatic rings. The molecule has 90 valence electrons. The van der Waals surface area contributed by atoms with Crippen LogP contribution in [0.1, 0.15) is 25.7 Å². The summed E-state index contributed by atoms with van der Waals surface area (Å²) in [7, 11) is 0. The molecule has 2 atom stereocenters. The van der Waals surface area contributed by atoms with Gasteiger partial charge in [-0.15, -0.1) is 0 Å². The van der Waals surface area contributed by atoms with E-state index in [1.165, 1.54) is 32.4 Å². The highest BCUT2D eigenvalue weighted by Crippen LogP contribution is 2.48. The summed E-state index contributed by atoms with van der Waals surface area (Å²) < 4.78 is 0. The number of rotatable bonds is 3. The molecule has 16 heavy (non-hydrogen) atoms. The Hall–Kier alpha value is -0.0900. The van der Waals surface area contributed by atoms with E-state index in [-0.39, 0.29) is 5.92 Å². The molecule has 2 aliphatic heterocycles. The summed E-state index contributed by atoms with van der Waals surface area (Å²) in [6.45, 7) is 3.25. The van der Waals surface area contributed by atoms with Crippen LogP contribution in [-0.4, -0.2) is 41.8 Å². The van der Waals surface area contributed by atoms with Gasteiger partial charge in [0.05, 0.1) is 5.92 Å². The Bertz CT molecular complexity index is 303. The lowest BCUT2D eigenvalue weighted by Crippen LogP contribution is -2.48. The van der Waals surface area contributed by atoms with Crippen molar-refractivity contribution in [1.82, 2.24) is 10.2 Å². The highest BCUT2D eigenvalue weighted by Gasteiger charge is 2.47. The fourth-order valence-electron chi connectivity index (χ4n) is 3.18. The minimum absolute atomic E-state index is 0.278. The van der Waals surface area contributed by atoms with Crippen molar-refractivity contribution in [2.75, 3.05) is 25.0 Å². The van der Waals surface area contributed by atoms with Crippen LogP contribution in [0.2, 0.25) is 0 Å². The lowest BCUT2D eigenvalue weighted by Gasteiger charge is -2.37. The first-order chi connectivity index (χ1) is 7.74. The van der Waals surface area contributed by atoms with Gasteiger partial charge in [-0.2, -0.15) is 0 Å². The van der Waals surface area contributed by atoms with Gasteiger partial charge in [-0.25, -0.2) is 0 Å². The molecule has 2 heterocycles. The Morgan fingerprint density at radius 3 is 3.00 bits per heavy atom. The zero-order valence-electron chi connectivity index (χ0n) is 9.54. The molecule has 4 heteroatoms. The summed E-state index contributed by atoms with van der Waals surface area (Å²) in [5.74, 6) is 0.568. The molecule has 3 fully saturated rings. The van der Waals surface area contributed by atoms with Crippen LogP contribution >= 0.6 is 15.9 Å². The van der Waals surface area contributed by atoms with Gasteiger partial charge >= 0.3 is 0 Å². The molecule has 2 saturated heterocycles. The molecule has 0 aromatic heterocycles. The van der Waals surface area contributed by atoms with E-state index < -0.39 is 0 Å². The largest absolute Gasteiger partial charge is 0.354 e. The third-order valence-corrected chi connectivity index (χ3v) is 5.68. The number of piperidine rings is 1. The van der Waals surface area contributed by atoms with E-state index >= 15 is 0 Å². The highest BCUT2D eigenvalue weighted by atomic mass is 79.9. The second-order valence-electron chi connectivity index (χ2n) is 5.67. The molecule has 1 N–H and O–H groups in total. The van der Waals surface area contributed by atoms with Crippen LogP contribution in [0.3, 0.4) is 0 Å². The standard InChI is InChI=1S/C12H19BrN2O/c13-7-12(3-4-12)8-15-5-1-2-9-10(15)6-14-11(9)16/h9-10H,1-8H2,(H,14,16). The Morgan fingerprint density at radius 1 is 1.50 bits per heavy atom. The minimum Gasteiger partial charge on any atom is -0.354 e. The van der Waals surface area contributed by atoms with Crippen molar-refractivity contribution >= 4 is 21.8 Å². The smallest absolute Gasteiger partial charge is 0.224 e. The molecule has 3 rings (SSSR count). The number of nitrogens with zero attached hydrogens (tertiary/aromatic N) is 1. The lowest BCUT2D eigenvalue weighted by atomic mass is 9.90. The van der Waals surface area contributed by atoms with E-state index in [2.05, 4.69) is 26.1 Å². The third-order valence-electron chi connectivity index (χ3n) is 4.50. The van der Waals surface area contributed by atoms with Crippen LogP contribution in [0.4, 0.5) is 0 Å². The van der Waals surface area contributed by atoms with Crippen LogP contribution in [0.5, 0.6) is 0 Å². The van der Waals surface area contributed by atoms with Gasteiger partial charge in [0.25, 0.3) is 0 Å². The minimum atomic E-state index is 0.278. The van der Waals surface area contributed by atoms with Crippen LogP contribution in [0.25, 0.3) is 0 Å². The Kier molecular flexibility index (Phi) is 2.75. The Balaban J connectivity index is 1.68. The van der Waals surface area contributed by atoms with Crippen LogP contribution in [0, 0.1) is 11.3 Å². The second kappa shape index (κ2) is 3.98. The topological polar surface area (TPSA) is 32.3 Å². The van der Waals surface area contributed by atoms with E-state index in [1.807, 2.05) is 0 Å². The Morgan fingerprint density at radius 2 is 2.31 bits per heavy atom. The van der Waals surface area contributed by atoms with Gasteiger partial charge in [-0.3, -0.25) is 9.69 Å². The van der Waals surface area contributed by atoms with Crippen molar-refractivity contribution in [1.29, 1.82) is 0 Å². The number of alkyl halides is 1. The van der Waals surface area contributed by atoms with E-state index in [4.69, 9.17) is 0 Å². The fourth-order valence-corrected chi connectivity index (χ4v) is 3.92. The second-order valence-corrected chi connectivity index (χ2v) is 6.23. The first-order valence-corrected chi connectivity index (χ1v) is 7.44. The monoisotopic (exact) mass is 286 g/mol. The molecule has 2 unspecified atom stereocenters. The maximum atomic E-state index is 11.7. The number of amides is 1. The molecule has 0 aromatic rings. The number of hydrogen-bond donors (Lipinski definition) is 1. The van der Waals surface area contributed by atoms with Crippen LogP contribution < -0.4 is 5.32 Å². The van der Waals surface area contributed by atoms with Gasteiger partial charge < -0.3 is 5.32 Å². The molecule has 1 saturated carbocycles. The summed E-state index contributed by atoms with van der Waals surface area (Å²) >= 11 is 3.64.